The summed E-state index contributed by atoms with van der Waals surface area (Å²) in [7, 11) is 0. The lowest BCUT2D eigenvalue weighted by Gasteiger charge is -2.13. The first-order valence-electron chi connectivity index (χ1n) is 11.4. The lowest BCUT2D eigenvalue weighted by Crippen LogP contribution is -2.26. The Morgan fingerprint density at radius 3 is 2.75 bits per heavy atom. The maximum absolute atomic E-state index is 14.7. The monoisotopic (exact) mass is 500 g/mol. The van der Waals surface area contributed by atoms with Crippen molar-refractivity contribution >= 4 is 28.9 Å². The molecule has 4 aromatic rings. The molecular weight excluding hydrogens is 477 g/mol. The number of halogens is 3. The fourth-order valence-corrected chi connectivity index (χ4v) is 3.88. The maximum Gasteiger partial charge on any atom is 0.315 e. The van der Waals surface area contributed by atoms with Crippen LogP contribution in [0.25, 0.3) is 17.0 Å². The molecule has 5 rings (SSSR count). The van der Waals surface area contributed by atoms with Crippen molar-refractivity contribution in [1.82, 2.24) is 30.1 Å². The molecule has 1 fully saturated rings. The quantitative estimate of drug-likeness (QED) is 0.313. The Hall–Kier alpha value is -4.16. The minimum Gasteiger partial charge on any atom is -0.403 e. The van der Waals surface area contributed by atoms with Gasteiger partial charge in [-0.3, -0.25) is 4.79 Å². The van der Waals surface area contributed by atoms with Gasteiger partial charge in [-0.15, -0.1) is 5.10 Å². The fourth-order valence-electron chi connectivity index (χ4n) is 3.88. The van der Waals surface area contributed by atoms with E-state index in [2.05, 4.69) is 36.2 Å². The van der Waals surface area contributed by atoms with Crippen LogP contribution in [0.1, 0.15) is 48.5 Å². The van der Waals surface area contributed by atoms with E-state index in [-0.39, 0.29) is 47.5 Å². The summed E-state index contributed by atoms with van der Waals surface area (Å²) in [5.41, 5.74) is 1.42. The number of amides is 1. The molecule has 10 nitrogen and oxygen atoms in total. The molecule has 1 aliphatic carbocycles. The summed E-state index contributed by atoms with van der Waals surface area (Å²) in [5.74, 6) is -2.11. The second-order valence-electron chi connectivity index (χ2n) is 8.73. The van der Waals surface area contributed by atoms with Gasteiger partial charge in [-0.05, 0) is 30.4 Å². The van der Waals surface area contributed by atoms with Gasteiger partial charge in [-0.1, -0.05) is 18.9 Å². The van der Waals surface area contributed by atoms with Crippen LogP contribution in [0.2, 0.25) is 0 Å². The van der Waals surface area contributed by atoms with Gasteiger partial charge in [0.2, 0.25) is 0 Å². The SMILES string of the molecule is CC(C)c1c(-c2nnc(NCCF)o2)cn2ncnc(Nc3cc(C(=O)NC4CC4)c(F)cc3F)c12. The predicted octanol–water partition coefficient (Wildman–Crippen LogP) is 4.20. The molecule has 0 radical (unpaired) electrons. The smallest absolute Gasteiger partial charge is 0.315 e. The van der Waals surface area contributed by atoms with Gasteiger partial charge in [0.25, 0.3) is 11.8 Å². The molecule has 0 saturated heterocycles. The van der Waals surface area contributed by atoms with Crippen molar-refractivity contribution in [3.63, 3.8) is 0 Å². The molecule has 3 heterocycles. The van der Waals surface area contributed by atoms with Crippen LogP contribution in [0.15, 0.2) is 29.1 Å². The molecule has 1 saturated carbocycles. The van der Waals surface area contributed by atoms with E-state index in [0.29, 0.717) is 17.1 Å². The fraction of sp³-hybridized carbons (Fsp3) is 0.348. The molecular formula is C23H23F3N8O2. The molecule has 188 valence electrons. The summed E-state index contributed by atoms with van der Waals surface area (Å²) in [6.07, 6.45) is 4.61. The molecule has 3 N–H and O–H groups in total. The summed E-state index contributed by atoms with van der Waals surface area (Å²) in [6.45, 7) is 3.31. The third-order valence-corrected chi connectivity index (χ3v) is 5.68. The third-order valence-electron chi connectivity index (χ3n) is 5.68. The molecule has 3 aromatic heterocycles. The Labute approximate surface area is 203 Å². The molecule has 0 unspecified atom stereocenters. The van der Waals surface area contributed by atoms with Gasteiger partial charge in [-0.2, -0.15) is 5.10 Å². The van der Waals surface area contributed by atoms with Crippen molar-refractivity contribution in [3.8, 4) is 11.5 Å². The maximum atomic E-state index is 14.7. The molecule has 13 heteroatoms. The highest BCUT2D eigenvalue weighted by atomic mass is 19.1. The van der Waals surface area contributed by atoms with Gasteiger partial charge in [0, 0.05) is 24.8 Å². The summed E-state index contributed by atoms with van der Waals surface area (Å²) in [4.78, 5) is 16.7. The first kappa shape index (κ1) is 23.6. The summed E-state index contributed by atoms with van der Waals surface area (Å²) >= 11 is 0. The number of aromatic nitrogens is 5. The lowest BCUT2D eigenvalue weighted by molar-refractivity contribution is 0.0947. The standard InChI is InChI=1S/C23H23F3N8O2/c1-11(2)18-14(22-32-33-23(36-22)27-6-5-24)9-34-19(18)20(28-10-29-34)31-17-7-13(15(25)8-16(17)26)21(35)30-12-3-4-12/h7-12H,3-6H2,1-2H3,(H,27,33)(H,30,35)(H,28,29,31). The van der Waals surface area contributed by atoms with E-state index in [0.717, 1.165) is 24.5 Å². The number of fused-ring (bicyclic) bond motifs is 1. The van der Waals surface area contributed by atoms with Crippen molar-refractivity contribution in [2.45, 2.75) is 38.6 Å². The first-order valence-corrected chi connectivity index (χ1v) is 11.4. The third kappa shape index (κ3) is 4.55. The Morgan fingerprint density at radius 1 is 1.22 bits per heavy atom. The highest BCUT2D eigenvalue weighted by molar-refractivity contribution is 5.96. The second-order valence-corrected chi connectivity index (χ2v) is 8.73. The number of nitrogens with one attached hydrogen (secondary N) is 3. The number of nitrogens with zero attached hydrogens (tertiary/aromatic N) is 5. The second kappa shape index (κ2) is 9.47. The zero-order valence-corrected chi connectivity index (χ0v) is 19.5. The summed E-state index contributed by atoms with van der Waals surface area (Å²) < 4.78 is 48.7. The van der Waals surface area contributed by atoms with Crippen LogP contribution in [0.3, 0.4) is 0 Å². The number of hydrogen-bond acceptors (Lipinski definition) is 8. The van der Waals surface area contributed by atoms with Gasteiger partial charge in [0.15, 0.2) is 5.82 Å². The van der Waals surface area contributed by atoms with E-state index in [1.807, 2.05) is 13.8 Å². The molecule has 1 aromatic carbocycles. The van der Waals surface area contributed by atoms with Crippen LogP contribution in [0.5, 0.6) is 0 Å². The van der Waals surface area contributed by atoms with Gasteiger partial charge >= 0.3 is 6.01 Å². The molecule has 0 bridgehead atoms. The zero-order chi connectivity index (χ0) is 25.4. The lowest BCUT2D eigenvalue weighted by atomic mass is 10.00. The van der Waals surface area contributed by atoms with Crippen molar-refractivity contribution in [3.05, 3.63) is 47.4 Å². The van der Waals surface area contributed by atoms with Crippen molar-refractivity contribution in [2.75, 3.05) is 23.9 Å². The summed E-state index contributed by atoms with van der Waals surface area (Å²) in [5, 5.41) is 20.4. The average molecular weight is 500 g/mol. The normalized spacial score (nSPS) is 13.4. The molecule has 36 heavy (non-hydrogen) atoms. The van der Waals surface area contributed by atoms with Crippen molar-refractivity contribution < 1.29 is 22.4 Å². The van der Waals surface area contributed by atoms with Crippen molar-refractivity contribution in [1.29, 1.82) is 0 Å². The van der Waals surface area contributed by atoms with Gasteiger partial charge in [-0.25, -0.2) is 22.7 Å². The number of carbonyl (C=O) groups excluding carboxylic acids is 1. The average Bonchev–Trinajstić information content (AvgIpc) is 3.37. The van der Waals surface area contributed by atoms with E-state index in [1.165, 1.54) is 10.8 Å². The number of carbonyl (C=O) groups is 1. The van der Waals surface area contributed by atoms with E-state index < -0.39 is 24.2 Å². The highest BCUT2D eigenvalue weighted by Gasteiger charge is 2.27. The Balaban J connectivity index is 1.55. The Kier molecular flexibility index (Phi) is 6.20. The largest absolute Gasteiger partial charge is 0.403 e. The Bertz CT molecular complexity index is 1430. The van der Waals surface area contributed by atoms with Crippen LogP contribution < -0.4 is 16.0 Å². The van der Waals surface area contributed by atoms with E-state index in [4.69, 9.17) is 4.42 Å². The van der Waals surface area contributed by atoms with Gasteiger partial charge < -0.3 is 20.4 Å². The highest BCUT2D eigenvalue weighted by Crippen LogP contribution is 2.37. The van der Waals surface area contributed by atoms with E-state index in [1.54, 1.807) is 6.20 Å². The number of hydrogen-bond donors (Lipinski definition) is 3. The minimum absolute atomic E-state index is 0.0185. The molecule has 0 atom stereocenters. The number of benzene rings is 1. The Morgan fingerprint density at radius 2 is 2.03 bits per heavy atom. The van der Waals surface area contributed by atoms with Crippen LogP contribution in [0.4, 0.5) is 30.7 Å². The number of anilines is 3. The zero-order valence-electron chi connectivity index (χ0n) is 19.5. The van der Waals surface area contributed by atoms with Crippen LogP contribution in [0, 0.1) is 11.6 Å². The molecule has 0 aliphatic heterocycles. The van der Waals surface area contributed by atoms with Crippen LogP contribution in [-0.2, 0) is 0 Å². The molecule has 0 spiro atoms. The predicted molar refractivity (Wildman–Crippen MR) is 125 cm³/mol. The van der Waals surface area contributed by atoms with E-state index >= 15 is 0 Å². The number of alkyl halides is 1. The summed E-state index contributed by atoms with van der Waals surface area (Å²) in [6, 6.07) is 1.88. The van der Waals surface area contributed by atoms with E-state index in [9.17, 15) is 18.0 Å². The van der Waals surface area contributed by atoms with Gasteiger partial charge in [0.1, 0.15) is 30.2 Å². The molecule has 1 amide bonds. The number of rotatable bonds is 9. The van der Waals surface area contributed by atoms with Crippen LogP contribution >= 0.6 is 0 Å². The topological polar surface area (TPSA) is 122 Å². The van der Waals surface area contributed by atoms with Crippen molar-refractivity contribution in [2.24, 2.45) is 0 Å². The molecule has 1 aliphatic rings. The minimum atomic E-state index is -0.953. The first-order chi connectivity index (χ1) is 17.4. The van der Waals surface area contributed by atoms with Crippen LogP contribution in [-0.4, -0.2) is 50.0 Å². The van der Waals surface area contributed by atoms with Gasteiger partial charge in [0.05, 0.1) is 16.8 Å².